The van der Waals surface area contributed by atoms with Gasteiger partial charge in [-0.25, -0.2) is 8.78 Å². The molecule has 0 saturated heterocycles. The van der Waals surface area contributed by atoms with Crippen LogP contribution in [0.15, 0.2) is 41.5 Å². The molecule has 0 spiro atoms. The van der Waals surface area contributed by atoms with E-state index in [0.717, 1.165) is 23.4 Å². The predicted octanol–water partition coefficient (Wildman–Crippen LogP) is 3.03. The molecule has 136 valence electrons. The van der Waals surface area contributed by atoms with Crippen LogP contribution in [0.1, 0.15) is 11.3 Å². The van der Waals surface area contributed by atoms with Crippen molar-refractivity contribution < 1.29 is 13.5 Å². The summed E-state index contributed by atoms with van der Waals surface area (Å²) in [4.78, 5) is 8.39. The molecule has 25 heavy (non-hydrogen) atoms. The lowest BCUT2D eigenvalue weighted by Crippen LogP contribution is -2.39. The highest BCUT2D eigenvalue weighted by Crippen LogP contribution is 2.17. The van der Waals surface area contributed by atoms with E-state index in [9.17, 15) is 8.78 Å². The summed E-state index contributed by atoms with van der Waals surface area (Å²) in [7, 11) is 1.65. The molecule has 0 aliphatic carbocycles. The minimum atomic E-state index is -0.719. The van der Waals surface area contributed by atoms with Crippen LogP contribution in [0.25, 0.3) is 0 Å². The fourth-order valence-corrected chi connectivity index (χ4v) is 2.01. The third kappa shape index (κ3) is 6.81. The molecule has 8 heteroatoms. The Hall–Kier alpha value is -1.97. The third-order valence-corrected chi connectivity index (χ3v) is 3.31. The van der Waals surface area contributed by atoms with Gasteiger partial charge in [-0.3, -0.25) is 9.98 Å². The van der Waals surface area contributed by atoms with Crippen LogP contribution in [-0.2, 0) is 6.54 Å². The van der Waals surface area contributed by atoms with Crippen LogP contribution in [0.5, 0.6) is 5.75 Å². The number of pyridine rings is 1. The zero-order valence-electron chi connectivity index (χ0n) is 14.1. The maximum Gasteiger partial charge on any atom is 0.191 e. The van der Waals surface area contributed by atoms with Crippen LogP contribution in [0, 0.1) is 18.6 Å². The highest BCUT2D eigenvalue weighted by Gasteiger charge is 2.05. The number of aryl methyl sites for hydroxylation is 1. The molecule has 5 nitrogen and oxygen atoms in total. The van der Waals surface area contributed by atoms with Crippen LogP contribution in [0.4, 0.5) is 8.78 Å². The van der Waals surface area contributed by atoms with Crippen molar-refractivity contribution in [2.24, 2.45) is 4.99 Å². The van der Waals surface area contributed by atoms with Gasteiger partial charge in [0, 0.05) is 19.3 Å². The van der Waals surface area contributed by atoms with Crippen molar-refractivity contribution in [3.8, 4) is 5.75 Å². The lowest BCUT2D eigenvalue weighted by atomic mass is 10.2. The molecule has 0 atom stereocenters. The first kappa shape index (κ1) is 21.1. The zero-order valence-corrected chi connectivity index (χ0v) is 16.4. The van der Waals surface area contributed by atoms with Gasteiger partial charge in [-0.15, -0.1) is 24.0 Å². The number of guanidine groups is 1. The number of hydrogen-bond acceptors (Lipinski definition) is 3. The molecule has 1 aromatic carbocycles. The summed E-state index contributed by atoms with van der Waals surface area (Å²) in [6.45, 7) is 3.16. The number of halogens is 3. The van der Waals surface area contributed by atoms with Crippen LogP contribution >= 0.6 is 24.0 Å². The summed E-state index contributed by atoms with van der Waals surface area (Å²) in [6, 6.07) is 7.09. The van der Waals surface area contributed by atoms with Gasteiger partial charge < -0.3 is 15.4 Å². The molecule has 0 unspecified atom stereocenters. The van der Waals surface area contributed by atoms with E-state index in [0.29, 0.717) is 19.0 Å². The van der Waals surface area contributed by atoms with E-state index in [1.165, 1.54) is 6.07 Å². The van der Waals surface area contributed by atoms with E-state index in [1.54, 1.807) is 13.2 Å². The Morgan fingerprint density at radius 3 is 2.72 bits per heavy atom. The average molecular weight is 462 g/mol. The molecular weight excluding hydrogens is 441 g/mol. The number of aliphatic imine (C=N–C) groups is 1. The first-order chi connectivity index (χ1) is 11.6. The normalized spacial score (nSPS) is 10.8. The van der Waals surface area contributed by atoms with Crippen molar-refractivity contribution in [2.75, 3.05) is 20.2 Å². The van der Waals surface area contributed by atoms with E-state index >= 15 is 0 Å². The second-order valence-corrected chi connectivity index (χ2v) is 5.04. The SMILES string of the molecule is CN=C(NCCOc1ccc(F)cc1F)NCc1ncccc1C.I. The van der Waals surface area contributed by atoms with Crippen LogP contribution < -0.4 is 15.4 Å². The van der Waals surface area contributed by atoms with E-state index in [4.69, 9.17) is 4.74 Å². The topological polar surface area (TPSA) is 58.5 Å². The largest absolute Gasteiger partial charge is 0.489 e. The highest BCUT2D eigenvalue weighted by molar-refractivity contribution is 14.0. The quantitative estimate of drug-likeness (QED) is 0.300. The summed E-state index contributed by atoms with van der Waals surface area (Å²) in [5.74, 6) is -0.746. The summed E-state index contributed by atoms with van der Waals surface area (Å²) < 4.78 is 31.5. The molecule has 0 aliphatic rings. The van der Waals surface area contributed by atoms with Gasteiger partial charge in [0.1, 0.15) is 12.4 Å². The Labute approximate surface area is 162 Å². The molecule has 0 fully saturated rings. The Balaban J connectivity index is 0.00000312. The van der Waals surface area contributed by atoms with Crippen molar-refractivity contribution in [3.63, 3.8) is 0 Å². The molecule has 2 aromatic rings. The maximum atomic E-state index is 13.4. The second kappa shape index (κ2) is 10.8. The summed E-state index contributed by atoms with van der Waals surface area (Å²) in [5.41, 5.74) is 2.03. The van der Waals surface area contributed by atoms with Gasteiger partial charge in [0.25, 0.3) is 0 Å². The highest BCUT2D eigenvalue weighted by atomic mass is 127. The van der Waals surface area contributed by atoms with Gasteiger partial charge in [-0.1, -0.05) is 6.07 Å². The number of aromatic nitrogens is 1. The van der Waals surface area contributed by atoms with E-state index in [-0.39, 0.29) is 36.3 Å². The Morgan fingerprint density at radius 2 is 2.04 bits per heavy atom. The zero-order chi connectivity index (χ0) is 17.4. The molecule has 0 bridgehead atoms. The fourth-order valence-electron chi connectivity index (χ4n) is 2.01. The lowest BCUT2D eigenvalue weighted by molar-refractivity contribution is 0.304. The number of nitrogens with one attached hydrogen (secondary N) is 2. The van der Waals surface area contributed by atoms with Crippen LogP contribution in [-0.4, -0.2) is 31.1 Å². The Kier molecular flexibility index (Phi) is 9.11. The van der Waals surface area contributed by atoms with Gasteiger partial charge in [0.05, 0.1) is 18.8 Å². The fraction of sp³-hybridized carbons (Fsp3) is 0.294. The smallest absolute Gasteiger partial charge is 0.191 e. The Morgan fingerprint density at radius 1 is 1.24 bits per heavy atom. The molecule has 2 N–H and O–H groups in total. The third-order valence-electron chi connectivity index (χ3n) is 3.31. The molecule has 0 amide bonds. The van der Waals surface area contributed by atoms with E-state index < -0.39 is 11.6 Å². The van der Waals surface area contributed by atoms with Gasteiger partial charge in [0.15, 0.2) is 17.5 Å². The minimum absolute atomic E-state index is 0. The number of ether oxygens (including phenoxy) is 1. The van der Waals surface area contributed by atoms with Gasteiger partial charge >= 0.3 is 0 Å². The number of rotatable bonds is 6. The molecule has 0 radical (unpaired) electrons. The van der Waals surface area contributed by atoms with E-state index in [1.807, 2.05) is 19.1 Å². The van der Waals surface area contributed by atoms with Crippen molar-refractivity contribution in [1.29, 1.82) is 0 Å². The maximum absolute atomic E-state index is 13.4. The van der Waals surface area contributed by atoms with Crippen LogP contribution in [0.2, 0.25) is 0 Å². The molecule has 1 aromatic heterocycles. The number of hydrogen-bond donors (Lipinski definition) is 2. The molecule has 0 saturated carbocycles. The Bertz CT molecular complexity index is 713. The standard InChI is InChI=1S/C17H20F2N4O.HI/c1-12-4-3-7-21-15(12)11-23-17(20-2)22-8-9-24-16-6-5-13(18)10-14(16)19;/h3-7,10H,8-9,11H2,1-2H3,(H2,20,22,23);1H. The van der Waals surface area contributed by atoms with Gasteiger partial charge in [-0.05, 0) is 30.7 Å². The molecular formula is C17H21F2IN4O. The molecule has 0 aliphatic heterocycles. The predicted molar refractivity (Wildman–Crippen MR) is 104 cm³/mol. The number of nitrogens with zero attached hydrogens (tertiary/aromatic N) is 2. The lowest BCUT2D eigenvalue weighted by Gasteiger charge is -2.13. The van der Waals surface area contributed by atoms with Crippen molar-refractivity contribution >= 4 is 29.9 Å². The summed E-state index contributed by atoms with van der Waals surface area (Å²) >= 11 is 0. The second-order valence-electron chi connectivity index (χ2n) is 5.04. The van der Waals surface area contributed by atoms with Gasteiger partial charge in [0.2, 0.25) is 0 Å². The average Bonchev–Trinajstić information content (AvgIpc) is 2.57. The van der Waals surface area contributed by atoms with Crippen molar-refractivity contribution in [2.45, 2.75) is 13.5 Å². The summed E-state index contributed by atoms with van der Waals surface area (Å²) in [6.07, 6.45) is 1.74. The van der Waals surface area contributed by atoms with Gasteiger partial charge in [-0.2, -0.15) is 0 Å². The molecule has 1 heterocycles. The molecule has 2 rings (SSSR count). The first-order valence-electron chi connectivity index (χ1n) is 7.53. The first-order valence-corrected chi connectivity index (χ1v) is 7.53. The van der Waals surface area contributed by atoms with Crippen molar-refractivity contribution in [1.82, 2.24) is 15.6 Å². The minimum Gasteiger partial charge on any atom is -0.489 e. The number of benzene rings is 1. The van der Waals surface area contributed by atoms with Crippen LogP contribution in [0.3, 0.4) is 0 Å². The van der Waals surface area contributed by atoms with E-state index in [2.05, 4.69) is 20.6 Å². The van der Waals surface area contributed by atoms with Crippen molar-refractivity contribution in [3.05, 3.63) is 59.4 Å². The monoisotopic (exact) mass is 462 g/mol. The summed E-state index contributed by atoms with van der Waals surface area (Å²) in [5, 5.41) is 6.19.